The van der Waals surface area contributed by atoms with Gasteiger partial charge < -0.3 is 10.1 Å². The zero-order valence-electron chi connectivity index (χ0n) is 14.4. The minimum atomic E-state index is -0.0143. The second-order valence-corrected chi connectivity index (χ2v) is 7.58. The smallest absolute Gasteiger partial charge is 0.251 e. The maximum absolute atomic E-state index is 12.6. The Bertz CT molecular complexity index is 711. The second kappa shape index (κ2) is 7.45. The molecule has 1 saturated heterocycles. The Balaban J connectivity index is 1.69. The van der Waals surface area contributed by atoms with E-state index in [9.17, 15) is 4.79 Å². The molecule has 1 aliphatic heterocycles. The number of benzene rings is 1. The van der Waals surface area contributed by atoms with E-state index in [4.69, 9.17) is 4.74 Å². The summed E-state index contributed by atoms with van der Waals surface area (Å²) in [6.07, 6.45) is 1.99. The number of nitrogens with one attached hydrogen (secondary N) is 1. The SMILES string of the molecule is Cc1csc(-c2cccc(C(=O)NC3CCOC(C(C)C)C3)c2)n1. The summed E-state index contributed by atoms with van der Waals surface area (Å²) in [7, 11) is 0. The topological polar surface area (TPSA) is 51.2 Å². The highest BCUT2D eigenvalue weighted by Crippen LogP contribution is 2.25. The molecule has 2 heterocycles. The van der Waals surface area contributed by atoms with Crippen LogP contribution in [0.5, 0.6) is 0 Å². The third-order valence-electron chi connectivity index (χ3n) is 4.38. The molecule has 2 atom stereocenters. The maximum atomic E-state index is 12.6. The van der Waals surface area contributed by atoms with E-state index in [1.807, 2.05) is 36.6 Å². The number of hydrogen-bond donors (Lipinski definition) is 1. The molecule has 1 aromatic heterocycles. The number of thiazole rings is 1. The van der Waals surface area contributed by atoms with Crippen LogP contribution in [0.25, 0.3) is 10.6 Å². The molecule has 1 fully saturated rings. The quantitative estimate of drug-likeness (QED) is 0.910. The van der Waals surface area contributed by atoms with Crippen molar-refractivity contribution in [1.29, 1.82) is 0 Å². The van der Waals surface area contributed by atoms with E-state index in [1.54, 1.807) is 11.3 Å². The van der Waals surface area contributed by atoms with Crippen molar-refractivity contribution in [3.63, 3.8) is 0 Å². The van der Waals surface area contributed by atoms with Crippen molar-refractivity contribution in [2.24, 2.45) is 5.92 Å². The molecule has 0 radical (unpaired) electrons. The first-order valence-corrected chi connectivity index (χ1v) is 9.36. The fourth-order valence-corrected chi connectivity index (χ4v) is 3.77. The average molecular weight is 344 g/mol. The molecule has 0 bridgehead atoms. The van der Waals surface area contributed by atoms with Crippen LogP contribution in [0.3, 0.4) is 0 Å². The van der Waals surface area contributed by atoms with Crippen molar-refractivity contribution in [2.75, 3.05) is 6.61 Å². The fraction of sp³-hybridized carbons (Fsp3) is 0.474. The zero-order valence-corrected chi connectivity index (χ0v) is 15.2. The van der Waals surface area contributed by atoms with Gasteiger partial charge in [-0.15, -0.1) is 11.3 Å². The summed E-state index contributed by atoms with van der Waals surface area (Å²) in [6.45, 7) is 7.02. The third kappa shape index (κ3) is 4.02. The zero-order chi connectivity index (χ0) is 17.1. The molecule has 1 N–H and O–H groups in total. The number of hydrogen-bond acceptors (Lipinski definition) is 4. The van der Waals surface area contributed by atoms with Crippen molar-refractivity contribution in [1.82, 2.24) is 10.3 Å². The lowest BCUT2D eigenvalue weighted by Crippen LogP contribution is -2.43. The Labute approximate surface area is 147 Å². The molecule has 4 nitrogen and oxygen atoms in total. The number of aromatic nitrogens is 1. The Morgan fingerprint density at radius 2 is 2.25 bits per heavy atom. The van der Waals surface area contributed by atoms with Gasteiger partial charge in [0.25, 0.3) is 5.91 Å². The number of rotatable bonds is 4. The third-order valence-corrected chi connectivity index (χ3v) is 5.39. The van der Waals surface area contributed by atoms with Crippen LogP contribution < -0.4 is 5.32 Å². The van der Waals surface area contributed by atoms with E-state index in [-0.39, 0.29) is 18.1 Å². The van der Waals surface area contributed by atoms with E-state index in [2.05, 4.69) is 24.1 Å². The first-order valence-electron chi connectivity index (χ1n) is 8.48. The fourth-order valence-electron chi connectivity index (χ4n) is 2.97. The molecule has 3 rings (SSSR count). The van der Waals surface area contributed by atoms with E-state index in [1.165, 1.54) is 0 Å². The number of amides is 1. The van der Waals surface area contributed by atoms with Gasteiger partial charge in [-0.2, -0.15) is 0 Å². The summed E-state index contributed by atoms with van der Waals surface area (Å²) in [5, 5.41) is 6.14. The van der Waals surface area contributed by atoms with Gasteiger partial charge in [-0.1, -0.05) is 26.0 Å². The highest BCUT2D eigenvalue weighted by molar-refractivity contribution is 7.13. The number of carbonyl (C=O) groups is 1. The molecule has 1 aromatic carbocycles. The van der Waals surface area contributed by atoms with Crippen LogP contribution in [-0.2, 0) is 4.74 Å². The van der Waals surface area contributed by atoms with Gasteiger partial charge in [-0.05, 0) is 37.8 Å². The average Bonchev–Trinajstić information content (AvgIpc) is 3.02. The highest BCUT2D eigenvalue weighted by atomic mass is 32.1. The number of carbonyl (C=O) groups excluding carboxylic acids is 1. The van der Waals surface area contributed by atoms with Crippen molar-refractivity contribution < 1.29 is 9.53 Å². The van der Waals surface area contributed by atoms with Crippen LogP contribution in [0, 0.1) is 12.8 Å². The molecule has 0 aliphatic carbocycles. The standard InChI is InChI=1S/C19H24N2O2S/c1-12(2)17-10-16(7-8-23-17)21-18(22)14-5-4-6-15(9-14)19-20-13(3)11-24-19/h4-6,9,11-12,16-17H,7-8,10H2,1-3H3,(H,21,22). The van der Waals surface area contributed by atoms with Gasteiger partial charge in [-0.3, -0.25) is 4.79 Å². The summed E-state index contributed by atoms with van der Waals surface area (Å²) in [4.78, 5) is 17.1. The Morgan fingerprint density at radius 1 is 1.42 bits per heavy atom. The lowest BCUT2D eigenvalue weighted by atomic mass is 9.95. The molecular formula is C19H24N2O2S. The van der Waals surface area contributed by atoms with E-state index in [0.717, 1.165) is 29.1 Å². The van der Waals surface area contributed by atoms with Crippen LogP contribution in [0.2, 0.25) is 0 Å². The largest absolute Gasteiger partial charge is 0.378 e. The first-order chi connectivity index (χ1) is 11.5. The molecule has 128 valence electrons. The van der Waals surface area contributed by atoms with Crippen LogP contribution in [0.4, 0.5) is 0 Å². The second-order valence-electron chi connectivity index (χ2n) is 6.72. The van der Waals surface area contributed by atoms with Gasteiger partial charge in [0.2, 0.25) is 0 Å². The van der Waals surface area contributed by atoms with Gasteiger partial charge in [-0.25, -0.2) is 4.98 Å². The number of aryl methyl sites for hydroxylation is 1. The minimum Gasteiger partial charge on any atom is -0.378 e. The molecule has 1 amide bonds. The van der Waals surface area contributed by atoms with Crippen molar-refractivity contribution in [2.45, 2.75) is 45.8 Å². The molecule has 2 unspecified atom stereocenters. The normalized spacial score (nSPS) is 21.0. The summed E-state index contributed by atoms with van der Waals surface area (Å²) in [5.74, 6) is 0.459. The van der Waals surface area contributed by atoms with Gasteiger partial charge in [0.15, 0.2) is 0 Å². The lowest BCUT2D eigenvalue weighted by Gasteiger charge is -2.32. The predicted octanol–water partition coefficient (Wildman–Crippen LogP) is 4.05. The van der Waals surface area contributed by atoms with Gasteiger partial charge in [0.1, 0.15) is 5.01 Å². The molecule has 0 spiro atoms. The maximum Gasteiger partial charge on any atom is 0.251 e. The summed E-state index contributed by atoms with van der Waals surface area (Å²) in [5.41, 5.74) is 2.69. The number of ether oxygens (including phenoxy) is 1. The van der Waals surface area contributed by atoms with Crippen LogP contribution in [0.15, 0.2) is 29.6 Å². The Hall–Kier alpha value is -1.72. The molecular weight excluding hydrogens is 320 g/mol. The predicted molar refractivity (Wildman–Crippen MR) is 97.4 cm³/mol. The molecule has 5 heteroatoms. The van der Waals surface area contributed by atoms with E-state index < -0.39 is 0 Å². The highest BCUT2D eigenvalue weighted by Gasteiger charge is 2.26. The monoisotopic (exact) mass is 344 g/mol. The van der Waals surface area contributed by atoms with E-state index >= 15 is 0 Å². The van der Waals surface area contributed by atoms with Gasteiger partial charge in [0, 0.05) is 34.8 Å². The van der Waals surface area contributed by atoms with Crippen LogP contribution in [0.1, 0.15) is 42.7 Å². The van der Waals surface area contributed by atoms with Crippen molar-refractivity contribution >= 4 is 17.2 Å². The lowest BCUT2D eigenvalue weighted by molar-refractivity contribution is -0.0233. The molecule has 0 saturated carbocycles. The van der Waals surface area contributed by atoms with Crippen LogP contribution >= 0.6 is 11.3 Å². The van der Waals surface area contributed by atoms with Crippen molar-refractivity contribution in [3.8, 4) is 10.6 Å². The Kier molecular flexibility index (Phi) is 5.31. The molecule has 2 aromatic rings. The molecule has 24 heavy (non-hydrogen) atoms. The van der Waals surface area contributed by atoms with Gasteiger partial charge >= 0.3 is 0 Å². The van der Waals surface area contributed by atoms with Crippen LogP contribution in [-0.4, -0.2) is 29.6 Å². The Morgan fingerprint density at radius 3 is 2.96 bits per heavy atom. The summed E-state index contributed by atoms with van der Waals surface area (Å²) >= 11 is 1.60. The molecule has 1 aliphatic rings. The number of nitrogens with zero attached hydrogens (tertiary/aromatic N) is 1. The summed E-state index contributed by atoms with van der Waals surface area (Å²) in [6, 6.07) is 7.88. The van der Waals surface area contributed by atoms with Crippen molar-refractivity contribution in [3.05, 3.63) is 40.9 Å². The van der Waals surface area contributed by atoms with E-state index in [0.29, 0.717) is 18.1 Å². The first kappa shape index (κ1) is 17.1. The summed E-state index contributed by atoms with van der Waals surface area (Å²) < 4.78 is 5.78. The van der Waals surface area contributed by atoms with Gasteiger partial charge in [0.05, 0.1) is 6.10 Å². The minimum absolute atomic E-state index is 0.0143.